The van der Waals surface area contributed by atoms with Crippen molar-refractivity contribution in [3.8, 4) is 0 Å². The molecule has 0 spiro atoms. The quantitative estimate of drug-likeness (QED) is 0.327. The molecule has 2 aliphatic carbocycles. The van der Waals surface area contributed by atoms with Crippen molar-refractivity contribution < 1.29 is 0 Å². The van der Waals surface area contributed by atoms with Gasteiger partial charge in [0, 0.05) is 6.04 Å². The predicted molar refractivity (Wildman–Crippen MR) is 149 cm³/mol. The zero-order valence-electron chi connectivity index (χ0n) is 21.5. The van der Waals surface area contributed by atoms with Crippen LogP contribution in [0, 0.1) is 5.92 Å². The summed E-state index contributed by atoms with van der Waals surface area (Å²) in [5.41, 5.74) is 1.42. The van der Waals surface area contributed by atoms with E-state index in [2.05, 4.69) is 79.1 Å². The molecule has 0 saturated heterocycles. The molecule has 1 nitrogen and oxygen atoms in total. The van der Waals surface area contributed by atoms with E-state index in [9.17, 15) is 0 Å². The molecule has 0 heterocycles. The molecule has 0 radical (unpaired) electrons. The molecule has 1 saturated carbocycles. The van der Waals surface area contributed by atoms with Crippen LogP contribution in [0.4, 0.5) is 0 Å². The fourth-order valence-corrected chi connectivity index (χ4v) is 5.05. The number of rotatable bonds is 10. The summed E-state index contributed by atoms with van der Waals surface area (Å²) in [5.74, 6) is 0.942. The van der Waals surface area contributed by atoms with Crippen molar-refractivity contribution in [3.63, 3.8) is 0 Å². The molecule has 184 valence electrons. The fourth-order valence-electron chi connectivity index (χ4n) is 5.05. The Labute approximate surface area is 205 Å². The Morgan fingerprint density at radius 3 is 2.03 bits per heavy atom. The SMILES string of the molecule is CCC1CCCCCCCCC(NCCCCCCCC2=C/C=C\C=C/C=C\C=C/C=C\2)C1. The highest BCUT2D eigenvalue weighted by molar-refractivity contribution is 5.29. The van der Waals surface area contributed by atoms with Crippen LogP contribution in [-0.4, -0.2) is 12.6 Å². The van der Waals surface area contributed by atoms with Crippen LogP contribution < -0.4 is 5.32 Å². The van der Waals surface area contributed by atoms with E-state index in [4.69, 9.17) is 0 Å². The minimum absolute atomic E-state index is 0.764. The maximum Gasteiger partial charge on any atom is 0.00696 e. The molecule has 0 aromatic carbocycles. The number of unbranched alkanes of at least 4 members (excludes halogenated alkanes) is 4. The molecule has 0 aromatic rings. The molecule has 2 aliphatic rings. The van der Waals surface area contributed by atoms with Gasteiger partial charge in [-0.05, 0) is 50.1 Å². The van der Waals surface area contributed by atoms with Gasteiger partial charge in [0.15, 0.2) is 0 Å². The van der Waals surface area contributed by atoms with Crippen LogP contribution in [0.3, 0.4) is 0 Å². The summed E-state index contributed by atoms with van der Waals surface area (Å²) in [6.45, 7) is 3.62. The van der Waals surface area contributed by atoms with Gasteiger partial charge in [-0.2, -0.15) is 0 Å². The molecule has 0 aromatic heterocycles. The second kappa shape index (κ2) is 19.8. The summed E-state index contributed by atoms with van der Waals surface area (Å²) in [7, 11) is 0. The zero-order chi connectivity index (χ0) is 23.2. The van der Waals surface area contributed by atoms with E-state index in [1.54, 1.807) is 0 Å². The molecule has 2 unspecified atom stereocenters. The molecule has 1 fully saturated rings. The monoisotopic (exact) mass is 449 g/mol. The van der Waals surface area contributed by atoms with Crippen molar-refractivity contribution in [3.05, 3.63) is 72.4 Å². The molecule has 1 heteroatoms. The van der Waals surface area contributed by atoms with Crippen molar-refractivity contribution in [1.82, 2.24) is 5.32 Å². The van der Waals surface area contributed by atoms with E-state index in [1.165, 1.54) is 115 Å². The Morgan fingerprint density at radius 2 is 1.27 bits per heavy atom. The number of nitrogens with one attached hydrogen (secondary N) is 1. The second-order valence-corrected chi connectivity index (χ2v) is 10.0. The second-order valence-electron chi connectivity index (χ2n) is 10.0. The lowest BCUT2D eigenvalue weighted by atomic mass is 9.90. The van der Waals surface area contributed by atoms with Gasteiger partial charge in [0.25, 0.3) is 0 Å². The summed E-state index contributed by atoms with van der Waals surface area (Å²) in [4.78, 5) is 0. The Hall–Kier alpha value is -1.60. The van der Waals surface area contributed by atoms with Gasteiger partial charge < -0.3 is 5.32 Å². The van der Waals surface area contributed by atoms with E-state index in [1.807, 2.05) is 0 Å². The van der Waals surface area contributed by atoms with Crippen LogP contribution >= 0.6 is 0 Å². The Balaban J connectivity index is 1.60. The summed E-state index contributed by atoms with van der Waals surface area (Å²) in [6.07, 6.45) is 45.6. The van der Waals surface area contributed by atoms with Crippen LogP contribution in [0.25, 0.3) is 0 Å². The van der Waals surface area contributed by atoms with Crippen LogP contribution in [0.2, 0.25) is 0 Å². The van der Waals surface area contributed by atoms with Crippen LogP contribution in [-0.2, 0) is 0 Å². The van der Waals surface area contributed by atoms with E-state index < -0.39 is 0 Å². The standard InChI is InChI=1S/C32H51N/c1-2-30-23-17-11-8-9-15-21-27-32(29-30)33-28-22-16-10-14-20-26-31-24-18-12-6-4-3-5-7-13-19-25-31/h3-7,12-13,18-19,24-25,30,32-33H,2,8-11,14-17,20-23,26-29H2,1H3/b4-3-,5-3?,6-4?,7-5-,12-6-,13-7?,18-12?,19-13-,24-18-,25-19?,31-24?,31-25+. The van der Waals surface area contributed by atoms with Crippen molar-refractivity contribution >= 4 is 0 Å². The highest BCUT2D eigenvalue weighted by atomic mass is 14.9. The van der Waals surface area contributed by atoms with Gasteiger partial charge in [0.05, 0.1) is 0 Å². The van der Waals surface area contributed by atoms with Crippen LogP contribution in [0.15, 0.2) is 72.4 Å². The molecular weight excluding hydrogens is 398 g/mol. The molecule has 2 atom stereocenters. The van der Waals surface area contributed by atoms with Gasteiger partial charge in [0.1, 0.15) is 0 Å². The topological polar surface area (TPSA) is 12.0 Å². The normalized spacial score (nSPS) is 29.3. The molecule has 0 aliphatic heterocycles. The lowest BCUT2D eigenvalue weighted by Crippen LogP contribution is -2.32. The summed E-state index contributed by atoms with van der Waals surface area (Å²) in [6, 6.07) is 0.764. The van der Waals surface area contributed by atoms with Crippen molar-refractivity contribution in [2.24, 2.45) is 5.92 Å². The van der Waals surface area contributed by atoms with Gasteiger partial charge in [-0.1, -0.05) is 144 Å². The van der Waals surface area contributed by atoms with Crippen molar-refractivity contribution in [2.75, 3.05) is 6.54 Å². The highest BCUT2D eigenvalue weighted by Gasteiger charge is 2.15. The third kappa shape index (κ3) is 15.0. The first-order valence-corrected chi connectivity index (χ1v) is 14.2. The Bertz CT molecular complexity index is 645. The van der Waals surface area contributed by atoms with E-state index in [0.29, 0.717) is 0 Å². The molecule has 2 rings (SSSR count). The fraction of sp³-hybridized carbons (Fsp3) is 0.625. The van der Waals surface area contributed by atoms with Crippen LogP contribution in [0.5, 0.6) is 0 Å². The van der Waals surface area contributed by atoms with E-state index in [-0.39, 0.29) is 0 Å². The number of hydrogen-bond acceptors (Lipinski definition) is 1. The predicted octanol–water partition coefficient (Wildman–Crippen LogP) is 9.56. The van der Waals surface area contributed by atoms with Gasteiger partial charge in [-0.15, -0.1) is 0 Å². The molecular formula is C32H51N. The first kappa shape index (κ1) is 27.6. The average Bonchev–Trinajstić information content (AvgIpc) is 2.87. The van der Waals surface area contributed by atoms with Crippen molar-refractivity contribution in [2.45, 2.75) is 116 Å². The Morgan fingerprint density at radius 1 is 0.667 bits per heavy atom. The third-order valence-corrected chi connectivity index (χ3v) is 7.19. The minimum Gasteiger partial charge on any atom is -0.314 e. The number of allylic oxidation sites excluding steroid dienone is 12. The maximum absolute atomic E-state index is 3.96. The molecule has 33 heavy (non-hydrogen) atoms. The summed E-state index contributed by atoms with van der Waals surface area (Å²) in [5, 5.41) is 3.96. The van der Waals surface area contributed by atoms with Gasteiger partial charge >= 0.3 is 0 Å². The third-order valence-electron chi connectivity index (χ3n) is 7.19. The molecule has 0 amide bonds. The van der Waals surface area contributed by atoms with Gasteiger partial charge in [-0.3, -0.25) is 0 Å². The number of hydrogen-bond donors (Lipinski definition) is 1. The average molecular weight is 450 g/mol. The molecule has 0 bridgehead atoms. The summed E-state index contributed by atoms with van der Waals surface area (Å²) >= 11 is 0. The van der Waals surface area contributed by atoms with Gasteiger partial charge in [0.2, 0.25) is 0 Å². The van der Waals surface area contributed by atoms with Gasteiger partial charge in [-0.25, -0.2) is 0 Å². The smallest absolute Gasteiger partial charge is 0.00696 e. The first-order valence-electron chi connectivity index (χ1n) is 14.2. The maximum atomic E-state index is 3.96. The minimum atomic E-state index is 0.764. The highest BCUT2D eigenvalue weighted by Crippen LogP contribution is 2.24. The lowest BCUT2D eigenvalue weighted by molar-refractivity contribution is 0.333. The van der Waals surface area contributed by atoms with Crippen LogP contribution in [0.1, 0.15) is 110 Å². The first-order chi connectivity index (χ1) is 16.4. The van der Waals surface area contributed by atoms with E-state index in [0.717, 1.165) is 12.0 Å². The Kier molecular flexibility index (Phi) is 16.6. The summed E-state index contributed by atoms with van der Waals surface area (Å²) < 4.78 is 0. The largest absolute Gasteiger partial charge is 0.314 e. The van der Waals surface area contributed by atoms with Crippen molar-refractivity contribution in [1.29, 1.82) is 0 Å². The van der Waals surface area contributed by atoms with E-state index >= 15 is 0 Å². The zero-order valence-corrected chi connectivity index (χ0v) is 21.5. The molecule has 1 N–H and O–H groups in total. The lowest BCUT2D eigenvalue weighted by Gasteiger charge is -2.24.